The monoisotopic (exact) mass is 459 g/mol. The van der Waals surface area contributed by atoms with Gasteiger partial charge in [0.25, 0.3) is 0 Å². The van der Waals surface area contributed by atoms with Crippen LogP contribution < -0.4 is 5.32 Å². The van der Waals surface area contributed by atoms with E-state index in [1.54, 1.807) is 53.7 Å². The topological polar surface area (TPSA) is 85.8 Å². The van der Waals surface area contributed by atoms with Crippen molar-refractivity contribution in [1.29, 1.82) is 0 Å². The van der Waals surface area contributed by atoms with Crippen LogP contribution in [0.15, 0.2) is 70.7 Å². The number of aromatic nitrogens is 4. The summed E-state index contributed by atoms with van der Waals surface area (Å²) in [6.07, 6.45) is 4.98. The molecule has 152 valence electrons. The van der Waals surface area contributed by atoms with Crippen LogP contribution in [0.3, 0.4) is 0 Å². The highest BCUT2D eigenvalue weighted by Gasteiger charge is 2.10. The molecule has 4 aromatic rings. The predicted octanol–water partition coefficient (Wildman–Crippen LogP) is 5.02. The van der Waals surface area contributed by atoms with E-state index in [1.165, 1.54) is 11.8 Å². The summed E-state index contributed by atoms with van der Waals surface area (Å²) in [5, 5.41) is 8.75. The zero-order chi connectivity index (χ0) is 20.9. The quantitative estimate of drug-likeness (QED) is 0.308. The Kier molecular flexibility index (Phi) is 6.37. The third kappa shape index (κ3) is 5.21. The van der Waals surface area contributed by atoms with Crippen molar-refractivity contribution in [2.75, 3.05) is 11.1 Å². The van der Waals surface area contributed by atoms with E-state index in [1.807, 2.05) is 12.1 Å². The highest BCUT2D eigenvalue weighted by molar-refractivity contribution is 7.99. The van der Waals surface area contributed by atoms with Crippen LogP contribution in [0.25, 0.3) is 11.5 Å². The maximum Gasteiger partial charge on any atom is 0.236 e. The van der Waals surface area contributed by atoms with Crippen LogP contribution in [-0.4, -0.2) is 31.4 Å². The minimum atomic E-state index is -0.207. The summed E-state index contributed by atoms with van der Waals surface area (Å²) < 4.78 is 7.02. The van der Waals surface area contributed by atoms with E-state index in [0.717, 1.165) is 5.56 Å². The molecule has 30 heavy (non-hydrogen) atoms. The first-order chi connectivity index (χ1) is 14.6. The van der Waals surface area contributed by atoms with Gasteiger partial charge in [0, 0.05) is 28.5 Å². The lowest BCUT2D eigenvalue weighted by atomic mass is 10.2. The van der Waals surface area contributed by atoms with Crippen molar-refractivity contribution in [3.8, 4) is 11.5 Å². The average molecular weight is 460 g/mol. The molecule has 1 amide bonds. The van der Waals surface area contributed by atoms with Gasteiger partial charge in [0.15, 0.2) is 16.7 Å². The molecule has 0 fully saturated rings. The number of nitrogens with zero attached hydrogens (tertiary/aromatic N) is 4. The van der Waals surface area contributed by atoms with Crippen LogP contribution in [0.5, 0.6) is 0 Å². The standard InChI is InChI=1S/C20H15Cl2N5O2S/c21-14-4-3-13(15(22)10-14)11-27-8-6-18(26-27)25-19(28)12-30-20-23-7-5-16(24-20)17-2-1-9-29-17/h1-10H,11-12H2,(H,25,26,28). The van der Waals surface area contributed by atoms with Gasteiger partial charge in [0.1, 0.15) is 5.69 Å². The molecule has 0 aliphatic rings. The van der Waals surface area contributed by atoms with E-state index < -0.39 is 0 Å². The number of carbonyl (C=O) groups is 1. The summed E-state index contributed by atoms with van der Waals surface area (Å²) in [4.78, 5) is 20.8. The lowest BCUT2D eigenvalue weighted by Crippen LogP contribution is -2.15. The highest BCUT2D eigenvalue weighted by Crippen LogP contribution is 2.22. The van der Waals surface area contributed by atoms with Gasteiger partial charge in [-0.1, -0.05) is 41.0 Å². The molecule has 1 aromatic carbocycles. The number of thioether (sulfide) groups is 1. The molecule has 0 aliphatic carbocycles. The van der Waals surface area contributed by atoms with E-state index >= 15 is 0 Å². The van der Waals surface area contributed by atoms with Gasteiger partial charge in [-0.25, -0.2) is 9.97 Å². The Balaban J connectivity index is 1.32. The first kappa shape index (κ1) is 20.5. The van der Waals surface area contributed by atoms with Gasteiger partial charge in [-0.3, -0.25) is 9.48 Å². The van der Waals surface area contributed by atoms with E-state index in [0.29, 0.717) is 39.0 Å². The fraction of sp³-hybridized carbons (Fsp3) is 0.100. The third-order valence-corrected chi connectivity index (χ3v) is 5.44. The van der Waals surface area contributed by atoms with Crippen LogP contribution in [0, 0.1) is 0 Å². The molecule has 4 rings (SSSR count). The second kappa shape index (κ2) is 9.34. The number of halogens is 2. The number of hydrogen-bond acceptors (Lipinski definition) is 6. The van der Waals surface area contributed by atoms with Crippen LogP contribution in [0.1, 0.15) is 5.56 Å². The van der Waals surface area contributed by atoms with E-state index in [9.17, 15) is 4.79 Å². The Hall–Kier alpha value is -2.81. The second-order valence-electron chi connectivity index (χ2n) is 6.17. The van der Waals surface area contributed by atoms with Crippen molar-refractivity contribution in [3.05, 3.63) is 76.7 Å². The van der Waals surface area contributed by atoms with Crippen LogP contribution in [-0.2, 0) is 11.3 Å². The molecule has 3 heterocycles. The normalized spacial score (nSPS) is 10.9. The van der Waals surface area contributed by atoms with Gasteiger partial charge in [-0.2, -0.15) is 5.10 Å². The van der Waals surface area contributed by atoms with Crippen molar-refractivity contribution in [1.82, 2.24) is 19.7 Å². The number of hydrogen-bond donors (Lipinski definition) is 1. The van der Waals surface area contributed by atoms with E-state index in [4.69, 9.17) is 27.6 Å². The van der Waals surface area contributed by atoms with Gasteiger partial charge in [-0.15, -0.1) is 0 Å². The molecule has 0 atom stereocenters. The Labute approximate surface area is 186 Å². The maximum atomic E-state index is 12.3. The maximum absolute atomic E-state index is 12.3. The fourth-order valence-electron chi connectivity index (χ4n) is 2.62. The highest BCUT2D eigenvalue weighted by atomic mass is 35.5. The molecule has 0 aliphatic heterocycles. The van der Waals surface area contributed by atoms with Crippen molar-refractivity contribution in [2.24, 2.45) is 0 Å². The number of benzene rings is 1. The Morgan fingerprint density at radius 3 is 2.90 bits per heavy atom. The van der Waals surface area contributed by atoms with E-state index in [-0.39, 0.29) is 11.7 Å². The molecule has 1 N–H and O–H groups in total. The summed E-state index contributed by atoms with van der Waals surface area (Å²) in [7, 11) is 0. The van der Waals surface area contributed by atoms with Crippen LogP contribution >= 0.6 is 35.0 Å². The van der Waals surface area contributed by atoms with Gasteiger partial charge >= 0.3 is 0 Å². The number of carbonyl (C=O) groups excluding carboxylic acids is 1. The number of amides is 1. The molecule has 0 unspecified atom stereocenters. The molecule has 0 radical (unpaired) electrons. The van der Waals surface area contributed by atoms with Crippen molar-refractivity contribution in [2.45, 2.75) is 11.7 Å². The molecule has 0 bridgehead atoms. The van der Waals surface area contributed by atoms with E-state index in [2.05, 4.69) is 20.4 Å². The molecular formula is C20H15Cl2N5O2S. The van der Waals surface area contributed by atoms with Crippen molar-refractivity contribution < 1.29 is 9.21 Å². The Morgan fingerprint density at radius 2 is 2.10 bits per heavy atom. The molecule has 0 saturated carbocycles. The minimum absolute atomic E-state index is 0.150. The number of nitrogens with one attached hydrogen (secondary N) is 1. The lowest BCUT2D eigenvalue weighted by molar-refractivity contribution is -0.113. The largest absolute Gasteiger partial charge is 0.463 e. The van der Waals surface area contributed by atoms with Gasteiger partial charge < -0.3 is 9.73 Å². The summed E-state index contributed by atoms with van der Waals surface area (Å²) >= 11 is 13.3. The molecule has 0 spiro atoms. The Bertz CT molecular complexity index is 1160. The molecular weight excluding hydrogens is 445 g/mol. The summed E-state index contributed by atoms with van der Waals surface area (Å²) in [6.45, 7) is 0.466. The Morgan fingerprint density at radius 1 is 1.20 bits per heavy atom. The number of rotatable bonds is 7. The first-order valence-electron chi connectivity index (χ1n) is 8.84. The number of furan rings is 1. The van der Waals surface area contributed by atoms with Crippen molar-refractivity contribution >= 4 is 46.7 Å². The second-order valence-corrected chi connectivity index (χ2v) is 7.96. The summed E-state index contributed by atoms with van der Waals surface area (Å²) in [6, 6.07) is 12.4. The average Bonchev–Trinajstić information content (AvgIpc) is 3.41. The van der Waals surface area contributed by atoms with Crippen LogP contribution in [0.4, 0.5) is 5.82 Å². The molecule has 0 saturated heterocycles. The summed E-state index contributed by atoms with van der Waals surface area (Å²) in [5.41, 5.74) is 1.55. The molecule has 3 aromatic heterocycles. The summed E-state index contributed by atoms with van der Waals surface area (Å²) in [5.74, 6) is 1.05. The smallest absolute Gasteiger partial charge is 0.236 e. The van der Waals surface area contributed by atoms with Gasteiger partial charge in [0.2, 0.25) is 5.91 Å². The van der Waals surface area contributed by atoms with Crippen LogP contribution in [0.2, 0.25) is 10.0 Å². The zero-order valence-electron chi connectivity index (χ0n) is 15.5. The minimum Gasteiger partial charge on any atom is -0.463 e. The SMILES string of the molecule is O=C(CSc1nccc(-c2ccco2)n1)Nc1ccn(Cc2ccc(Cl)cc2Cl)n1. The predicted molar refractivity (Wildman–Crippen MR) is 117 cm³/mol. The molecule has 7 nitrogen and oxygen atoms in total. The zero-order valence-corrected chi connectivity index (χ0v) is 17.8. The lowest BCUT2D eigenvalue weighted by Gasteiger charge is -2.05. The third-order valence-electron chi connectivity index (χ3n) is 4.00. The van der Waals surface area contributed by atoms with Crippen molar-refractivity contribution in [3.63, 3.8) is 0 Å². The first-order valence-corrected chi connectivity index (χ1v) is 10.6. The molecule has 10 heteroatoms. The van der Waals surface area contributed by atoms with Gasteiger partial charge in [0.05, 0.1) is 18.6 Å². The number of anilines is 1. The fourth-order valence-corrected chi connectivity index (χ4v) is 3.72. The van der Waals surface area contributed by atoms with Gasteiger partial charge in [-0.05, 0) is 35.9 Å².